The predicted octanol–water partition coefficient (Wildman–Crippen LogP) is 2.24. The van der Waals surface area contributed by atoms with Crippen LogP contribution in [0.2, 0.25) is 0 Å². The minimum Gasteiger partial charge on any atom is -0.341 e. The van der Waals surface area contributed by atoms with Crippen molar-refractivity contribution < 1.29 is 13.2 Å². The molecule has 0 spiro atoms. The summed E-state index contributed by atoms with van der Waals surface area (Å²) in [6.45, 7) is 4.72. The average molecular weight is 363 g/mol. The van der Waals surface area contributed by atoms with Crippen molar-refractivity contribution in [2.45, 2.75) is 38.1 Å². The maximum absolute atomic E-state index is 12.6. The van der Waals surface area contributed by atoms with Gasteiger partial charge >= 0.3 is 0 Å². The van der Waals surface area contributed by atoms with Crippen molar-refractivity contribution in [2.24, 2.45) is 11.1 Å². The maximum atomic E-state index is 12.6. The largest absolute Gasteiger partial charge is 0.341 e. The molecule has 5 nitrogen and oxygen atoms in total. The van der Waals surface area contributed by atoms with E-state index in [1.165, 1.54) is 6.26 Å². The molecule has 1 aromatic rings. The lowest BCUT2D eigenvalue weighted by Gasteiger charge is -2.33. The summed E-state index contributed by atoms with van der Waals surface area (Å²) >= 11 is 0. The number of benzene rings is 1. The fraction of sp³-hybridized carbons (Fsp3) is 0.562. The van der Waals surface area contributed by atoms with Crippen LogP contribution < -0.4 is 5.73 Å². The van der Waals surface area contributed by atoms with Crippen LogP contribution in [0.5, 0.6) is 0 Å². The smallest absolute Gasteiger partial charge is 0.230 e. The molecule has 0 radical (unpaired) electrons. The number of hydrogen-bond acceptors (Lipinski definition) is 4. The van der Waals surface area contributed by atoms with Crippen molar-refractivity contribution in [3.05, 3.63) is 29.8 Å². The zero-order valence-electron chi connectivity index (χ0n) is 14.2. The first kappa shape index (κ1) is 21.9. The summed E-state index contributed by atoms with van der Waals surface area (Å²) in [7, 11) is -1.44. The van der Waals surface area contributed by atoms with Gasteiger partial charge in [-0.1, -0.05) is 26.0 Å². The summed E-state index contributed by atoms with van der Waals surface area (Å²) in [6, 6.07) is 6.61. The van der Waals surface area contributed by atoms with Gasteiger partial charge in [0.15, 0.2) is 9.84 Å². The van der Waals surface area contributed by atoms with Gasteiger partial charge in [-0.15, -0.1) is 12.4 Å². The van der Waals surface area contributed by atoms with E-state index in [0.717, 1.165) is 5.56 Å². The van der Waals surface area contributed by atoms with Crippen molar-refractivity contribution in [1.29, 1.82) is 0 Å². The second kappa shape index (κ2) is 8.66. The van der Waals surface area contributed by atoms with Gasteiger partial charge in [-0.05, 0) is 30.5 Å². The van der Waals surface area contributed by atoms with Crippen LogP contribution in [-0.2, 0) is 21.2 Å². The van der Waals surface area contributed by atoms with Gasteiger partial charge in [-0.25, -0.2) is 8.42 Å². The quantitative estimate of drug-likeness (QED) is 0.806. The number of rotatable bonds is 7. The first-order valence-electron chi connectivity index (χ1n) is 7.44. The number of hydrogen-bond donors (Lipinski definition) is 1. The van der Waals surface area contributed by atoms with E-state index in [2.05, 4.69) is 0 Å². The van der Waals surface area contributed by atoms with Crippen LogP contribution in [0.15, 0.2) is 29.2 Å². The van der Waals surface area contributed by atoms with Crippen molar-refractivity contribution in [1.82, 2.24) is 4.90 Å². The number of amides is 1. The minimum absolute atomic E-state index is 0. The lowest BCUT2D eigenvalue weighted by molar-refractivity contribution is -0.141. The van der Waals surface area contributed by atoms with Gasteiger partial charge in [-0.3, -0.25) is 4.79 Å². The molecule has 0 bridgehead atoms. The molecule has 1 amide bonds. The summed E-state index contributed by atoms with van der Waals surface area (Å²) in [5.41, 5.74) is 6.19. The molecule has 0 saturated carbocycles. The van der Waals surface area contributed by atoms with Gasteiger partial charge < -0.3 is 10.6 Å². The fourth-order valence-electron chi connectivity index (χ4n) is 2.52. The molecule has 0 aliphatic heterocycles. The molecule has 132 valence electrons. The molecule has 0 saturated heterocycles. The van der Waals surface area contributed by atoms with E-state index < -0.39 is 15.3 Å². The SMILES string of the molecule is CCC(CC)(CN)C(=O)N(C)Cc1ccc(S(C)(=O)=O)cc1.Cl. The van der Waals surface area contributed by atoms with Gasteiger partial charge in [0.2, 0.25) is 5.91 Å². The minimum atomic E-state index is -3.20. The second-order valence-electron chi connectivity index (χ2n) is 5.77. The fourth-order valence-corrected chi connectivity index (χ4v) is 3.15. The van der Waals surface area contributed by atoms with Gasteiger partial charge in [0, 0.05) is 26.4 Å². The topological polar surface area (TPSA) is 80.5 Å². The molecule has 2 N–H and O–H groups in total. The third-order valence-corrected chi connectivity index (χ3v) is 5.44. The number of carbonyl (C=O) groups is 1. The van der Waals surface area contributed by atoms with Gasteiger partial charge in [0.05, 0.1) is 10.3 Å². The Hall–Kier alpha value is -1.11. The molecule has 7 heteroatoms. The molecule has 0 fully saturated rings. The van der Waals surface area contributed by atoms with Gasteiger partial charge in [0.25, 0.3) is 0 Å². The summed E-state index contributed by atoms with van der Waals surface area (Å²) in [5.74, 6) is 0.0344. The lowest BCUT2D eigenvalue weighted by Crippen LogP contribution is -2.45. The Morgan fingerprint density at radius 1 is 1.17 bits per heavy atom. The average Bonchev–Trinajstić information content (AvgIpc) is 2.49. The van der Waals surface area contributed by atoms with Crippen molar-refractivity contribution in [2.75, 3.05) is 19.8 Å². The van der Waals surface area contributed by atoms with Crippen molar-refractivity contribution in [3.8, 4) is 0 Å². The third kappa shape index (κ3) is 5.19. The summed E-state index contributed by atoms with van der Waals surface area (Å²) in [4.78, 5) is 14.6. The standard InChI is InChI=1S/C16H26N2O3S.ClH/c1-5-16(6-2,12-17)15(19)18(3)11-13-7-9-14(10-8-13)22(4,20)21;/h7-10H,5-6,11-12,17H2,1-4H3;1H. The van der Waals surface area contributed by atoms with Crippen molar-refractivity contribution >= 4 is 28.2 Å². The number of halogens is 1. The lowest BCUT2D eigenvalue weighted by atomic mass is 9.81. The Morgan fingerprint density at radius 3 is 2.00 bits per heavy atom. The van der Waals surface area contributed by atoms with E-state index >= 15 is 0 Å². The molecule has 1 rings (SSSR count). The molecule has 1 aromatic carbocycles. The molecule has 0 heterocycles. The number of sulfone groups is 1. The number of nitrogens with zero attached hydrogens (tertiary/aromatic N) is 1. The van der Waals surface area contributed by atoms with Crippen molar-refractivity contribution in [3.63, 3.8) is 0 Å². The normalized spacial score (nSPS) is 11.7. The number of nitrogens with two attached hydrogens (primary N) is 1. The Kier molecular flexibility index (Phi) is 8.24. The Balaban J connectivity index is 0.00000484. The van der Waals surface area contributed by atoms with Crippen LogP contribution in [0.3, 0.4) is 0 Å². The number of carbonyl (C=O) groups excluding carboxylic acids is 1. The summed E-state index contributed by atoms with van der Waals surface area (Å²) in [6.07, 6.45) is 2.59. The van der Waals surface area contributed by atoms with E-state index in [1.54, 1.807) is 36.2 Å². The molecule has 0 aliphatic carbocycles. The van der Waals surface area contributed by atoms with E-state index in [1.807, 2.05) is 13.8 Å². The Labute approximate surface area is 145 Å². The maximum Gasteiger partial charge on any atom is 0.230 e. The highest BCUT2D eigenvalue weighted by atomic mass is 35.5. The molecule has 0 aromatic heterocycles. The molecule has 23 heavy (non-hydrogen) atoms. The molecular weight excluding hydrogens is 336 g/mol. The van der Waals surface area contributed by atoms with Crippen LogP contribution >= 0.6 is 12.4 Å². The summed E-state index contributed by atoms with van der Waals surface area (Å²) in [5, 5.41) is 0. The molecule has 0 aliphatic rings. The predicted molar refractivity (Wildman–Crippen MR) is 95.3 cm³/mol. The zero-order chi connectivity index (χ0) is 17.0. The molecular formula is C16H27ClN2O3S. The van der Waals surface area contributed by atoms with E-state index in [9.17, 15) is 13.2 Å². The van der Waals surface area contributed by atoms with Gasteiger partial charge in [-0.2, -0.15) is 0 Å². The van der Waals surface area contributed by atoms with Crippen LogP contribution in [-0.4, -0.2) is 39.1 Å². The van der Waals surface area contributed by atoms with E-state index in [4.69, 9.17) is 5.73 Å². The highest BCUT2D eigenvalue weighted by molar-refractivity contribution is 7.90. The van der Waals surface area contributed by atoms with Crippen LogP contribution in [0, 0.1) is 5.41 Å². The Morgan fingerprint density at radius 2 is 1.65 bits per heavy atom. The van der Waals surface area contributed by atoms with Crippen LogP contribution in [0.1, 0.15) is 32.3 Å². The highest BCUT2D eigenvalue weighted by Gasteiger charge is 2.35. The monoisotopic (exact) mass is 362 g/mol. The van der Waals surface area contributed by atoms with E-state index in [-0.39, 0.29) is 23.2 Å². The molecule has 0 unspecified atom stereocenters. The molecule has 0 atom stereocenters. The first-order chi connectivity index (χ1) is 10.2. The van der Waals surface area contributed by atoms with Crippen LogP contribution in [0.4, 0.5) is 0 Å². The highest BCUT2D eigenvalue weighted by Crippen LogP contribution is 2.28. The van der Waals surface area contributed by atoms with E-state index in [0.29, 0.717) is 25.9 Å². The van der Waals surface area contributed by atoms with Crippen LogP contribution in [0.25, 0.3) is 0 Å². The second-order valence-corrected chi connectivity index (χ2v) is 7.78. The summed E-state index contributed by atoms with van der Waals surface area (Å²) < 4.78 is 22.9. The Bertz CT molecular complexity index is 602. The zero-order valence-corrected chi connectivity index (χ0v) is 15.8. The van der Waals surface area contributed by atoms with Gasteiger partial charge in [0.1, 0.15) is 0 Å². The first-order valence-corrected chi connectivity index (χ1v) is 9.34. The third-order valence-electron chi connectivity index (χ3n) is 4.32.